The van der Waals surface area contributed by atoms with E-state index in [1.807, 2.05) is 0 Å². The number of carbonyl (C=O) groups is 2. The lowest BCUT2D eigenvalue weighted by atomic mass is 9.84. The summed E-state index contributed by atoms with van der Waals surface area (Å²) in [6.07, 6.45) is 0.410. The minimum absolute atomic E-state index is 0.0454. The van der Waals surface area contributed by atoms with E-state index in [2.05, 4.69) is 6.58 Å². The van der Waals surface area contributed by atoms with Crippen LogP contribution in [0.3, 0.4) is 0 Å². The predicted octanol–water partition coefficient (Wildman–Crippen LogP) is 1.97. The van der Waals surface area contributed by atoms with Crippen LogP contribution in [0.2, 0.25) is 0 Å². The molecule has 1 saturated heterocycles. The molecule has 1 amide bonds. The van der Waals surface area contributed by atoms with Gasteiger partial charge in [0.25, 0.3) is 0 Å². The summed E-state index contributed by atoms with van der Waals surface area (Å²) < 4.78 is 10.2. The third-order valence-electron chi connectivity index (χ3n) is 2.87. The smallest absolute Gasteiger partial charge is 0.430 e. The van der Waals surface area contributed by atoms with E-state index in [4.69, 9.17) is 9.47 Å². The van der Waals surface area contributed by atoms with Crippen molar-refractivity contribution in [2.75, 3.05) is 7.05 Å². The third kappa shape index (κ3) is 3.03. The van der Waals surface area contributed by atoms with Gasteiger partial charge in [0.1, 0.15) is 11.7 Å². The summed E-state index contributed by atoms with van der Waals surface area (Å²) in [6, 6.07) is -0.0880. The second-order valence-electron chi connectivity index (χ2n) is 5.49. The molecular weight excluding hydrogens is 234 g/mol. The quantitative estimate of drug-likeness (QED) is 0.439. The average molecular weight is 255 g/mol. The zero-order valence-electron chi connectivity index (χ0n) is 11.6. The van der Waals surface area contributed by atoms with Gasteiger partial charge >= 0.3 is 6.16 Å². The molecule has 0 radical (unpaired) electrons. The number of nitrogens with zero attached hydrogens (tertiary/aromatic N) is 1. The Balaban J connectivity index is 2.56. The lowest BCUT2D eigenvalue weighted by Gasteiger charge is -2.45. The van der Waals surface area contributed by atoms with Gasteiger partial charge in [-0.2, -0.15) is 0 Å². The van der Waals surface area contributed by atoms with Gasteiger partial charge in [0.15, 0.2) is 0 Å². The first-order valence-corrected chi connectivity index (χ1v) is 5.96. The van der Waals surface area contributed by atoms with Crippen LogP contribution < -0.4 is 0 Å². The van der Waals surface area contributed by atoms with Gasteiger partial charge in [-0.05, 0) is 27.7 Å². The molecule has 3 atom stereocenters. The van der Waals surface area contributed by atoms with Crippen molar-refractivity contribution in [3.8, 4) is 0 Å². The van der Waals surface area contributed by atoms with Gasteiger partial charge in [-0.3, -0.25) is 4.79 Å². The van der Waals surface area contributed by atoms with E-state index in [0.717, 1.165) is 0 Å². The molecule has 102 valence electrons. The number of ether oxygens (including phenoxy) is 2. The highest BCUT2D eigenvalue weighted by Crippen LogP contribution is 2.30. The number of hydrogen-bond acceptors (Lipinski definition) is 4. The van der Waals surface area contributed by atoms with Crippen LogP contribution in [0.5, 0.6) is 0 Å². The second kappa shape index (κ2) is 5.00. The number of hydrogen-bond donors (Lipinski definition) is 0. The standard InChI is InChI=1S/C13H21NO4/c1-7-9-10(11(15)14(9)6)8(2)17-12(16)18-13(3,4)5/h7-10H,1H2,2-6H3/t8-,9-,10-/m1/s1. The molecule has 0 saturated carbocycles. The van der Waals surface area contributed by atoms with Crippen LogP contribution in [-0.2, 0) is 14.3 Å². The summed E-state index contributed by atoms with van der Waals surface area (Å²) in [5.41, 5.74) is -0.602. The summed E-state index contributed by atoms with van der Waals surface area (Å²) in [5.74, 6) is -0.407. The molecule has 0 bridgehead atoms. The van der Waals surface area contributed by atoms with Gasteiger partial charge in [0.05, 0.1) is 12.0 Å². The molecule has 1 heterocycles. The molecule has 0 aliphatic carbocycles. The van der Waals surface area contributed by atoms with Crippen LogP contribution in [0, 0.1) is 5.92 Å². The van der Waals surface area contributed by atoms with E-state index < -0.39 is 17.9 Å². The molecular formula is C13H21NO4. The number of β-lactam (4-membered cyclic amide) rings is 1. The molecule has 1 aliphatic rings. The van der Waals surface area contributed by atoms with Gasteiger partial charge in [-0.1, -0.05) is 6.08 Å². The van der Waals surface area contributed by atoms with Crippen molar-refractivity contribution < 1.29 is 19.1 Å². The van der Waals surface area contributed by atoms with Crippen molar-refractivity contribution >= 4 is 12.1 Å². The van der Waals surface area contributed by atoms with Crippen molar-refractivity contribution in [3.63, 3.8) is 0 Å². The first kappa shape index (κ1) is 14.5. The Morgan fingerprint density at radius 3 is 2.50 bits per heavy atom. The van der Waals surface area contributed by atoms with Gasteiger partial charge < -0.3 is 14.4 Å². The van der Waals surface area contributed by atoms with Crippen LogP contribution in [0.15, 0.2) is 12.7 Å². The summed E-state index contributed by atoms with van der Waals surface area (Å²) in [5, 5.41) is 0. The Hall–Kier alpha value is -1.52. The summed E-state index contributed by atoms with van der Waals surface area (Å²) in [7, 11) is 1.70. The molecule has 0 spiro atoms. The molecule has 1 aliphatic heterocycles. The van der Waals surface area contributed by atoms with Crippen LogP contribution >= 0.6 is 0 Å². The van der Waals surface area contributed by atoms with Crippen LogP contribution in [-0.4, -0.2) is 41.8 Å². The van der Waals surface area contributed by atoms with Gasteiger partial charge in [-0.15, -0.1) is 6.58 Å². The molecule has 5 heteroatoms. The lowest BCUT2D eigenvalue weighted by molar-refractivity contribution is -0.158. The molecule has 0 aromatic carbocycles. The summed E-state index contributed by atoms with van der Waals surface area (Å²) in [4.78, 5) is 24.8. The first-order chi connectivity index (χ1) is 8.17. The number of carbonyl (C=O) groups excluding carboxylic acids is 2. The highest BCUT2D eigenvalue weighted by Gasteiger charge is 2.48. The maximum absolute atomic E-state index is 11.7. The maximum atomic E-state index is 11.7. The van der Waals surface area contributed by atoms with Crippen molar-refractivity contribution in [2.24, 2.45) is 5.92 Å². The van der Waals surface area contributed by atoms with Crippen molar-refractivity contribution in [1.82, 2.24) is 4.90 Å². The van der Waals surface area contributed by atoms with Gasteiger partial charge in [-0.25, -0.2) is 4.79 Å². The number of likely N-dealkylation sites (N-methyl/N-ethyl adjacent to an activating group) is 1. The molecule has 0 aromatic rings. The van der Waals surface area contributed by atoms with Gasteiger partial charge in [0.2, 0.25) is 5.91 Å². The molecule has 0 unspecified atom stereocenters. The maximum Gasteiger partial charge on any atom is 0.509 e. The highest BCUT2D eigenvalue weighted by molar-refractivity contribution is 5.87. The minimum atomic E-state index is -0.750. The molecule has 0 aromatic heterocycles. The fourth-order valence-electron chi connectivity index (χ4n) is 1.97. The van der Waals surface area contributed by atoms with Crippen LogP contribution in [0.25, 0.3) is 0 Å². The lowest BCUT2D eigenvalue weighted by Crippen LogP contribution is -2.62. The average Bonchev–Trinajstić information content (AvgIpc) is 2.20. The van der Waals surface area contributed by atoms with E-state index in [9.17, 15) is 9.59 Å². The van der Waals surface area contributed by atoms with Crippen LogP contribution in [0.1, 0.15) is 27.7 Å². The Morgan fingerprint density at radius 1 is 1.50 bits per heavy atom. The molecule has 5 nitrogen and oxygen atoms in total. The molecule has 18 heavy (non-hydrogen) atoms. The third-order valence-corrected chi connectivity index (χ3v) is 2.87. The van der Waals surface area contributed by atoms with Gasteiger partial charge in [0, 0.05) is 7.05 Å². The molecule has 1 rings (SSSR count). The highest BCUT2D eigenvalue weighted by atomic mass is 16.7. The number of likely N-dealkylation sites (tertiary alicyclic amines) is 1. The first-order valence-electron chi connectivity index (χ1n) is 5.96. The predicted molar refractivity (Wildman–Crippen MR) is 67.0 cm³/mol. The number of amides is 1. The van der Waals surface area contributed by atoms with E-state index >= 15 is 0 Å². The number of rotatable bonds is 3. The van der Waals surface area contributed by atoms with Crippen LogP contribution in [0.4, 0.5) is 4.79 Å². The Labute approximate surface area is 108 Å². The van der Waals surface area contributed by atoms with Crippen molar-refractivity contribution in [3.05, 3.63) is 12.7 Å². The SMILES string of the molecule is C=C[C@@H]1[C@@H]([C@@H](C)OC(=O)OC(C)(C)C)C(=O)N1C. The minimum Gasteiger partial charge on any atom is -0.430 e. The monoisotopic (exact) mass is 255 g/mol. The Morgan fingerprint density at radius 2 is 2.06 bits per heavy atom. The normalized spacial score (nSPS) is 25.2. The zero-order chi connectivity index (χ0) is 14.1. The molecule has 1 fully saturated rings. The largest absolute Gasteiger partial charge is 0.509 e. The Kier molecular flexibility index (Phi) is 4.04. The van der Waals surface area contributed by atoms with Crippen molar-refractivity contribution in [2.45, 2.75) is 45.4 Å². The topological polar surface area (TPSA) is 55.8 Å². The molecule has 0 N–H and O–H groups in total. The summed E-state index contributed by atoms with van der Waals surface area (Å²) >= 11 is 0. The van der Waals surface area contributed by atoms with E-state index in [0.29, 0.717) is 0 Å². The van der Waals surface area contributed by atoms with E-state index in [-0.39, 0.29) is 17.9 Å². The van der Waals surface area contributed by atoms with E-state index in [1.165, 1.54) is 0 Å². The van der Waals surface area contributed by atoms with E-state index in [1.54, 1.807) is 45.7 Å². The fourth-order valence-corrected chi connectivity index (χ4v) is 1.97. The van der Waals surface area contributed by atoms with Crippen molar-refractivity contribution in [1.29, 1.82) is 0 Å². The fraction of sp³-hybridized carbons (Fsp3) is 0.692. The summed E-state index contributed by atoms with van der Waals surface area (Å²) in [6.45, 7) is 10.6. The second-order valence-corrected chi connectivity index (χ2v) is 5.49. The Bertz CT molecular complexity index is 358. The zero-order valence-corrected chi connectivity index (χ0v) is 11.6.